The maximum atomic E-state index is 5.68. The zero-order valence-corrected chi connectivity index (χ0v) is 13.4. The van der Waals surface area contributed by atoms with Gasteiger partial charge in [-0.2, -0.15) is 5.10 Å². The zero-order valence-electron chi connectivity index (χ0n) is 12.6. The lowest BCUT2D eigenvalue weighted by molar-refractivity contribution is 0.339. The van der Waals surface area contributed by atoms with Crippen molar-refractivity contribution in [2.24, 2.45) is 10.8 Å². The normalized spacial score (nSPS) is 10.8. The molecule has 0 aliphatic carbocycles. The molecule has 0 unspecified atom stereocenters. The van der Waals surface area contributed by atoms with Gasteiger partial charge in [-0.1, -0.05) is 12.1 Å². The number of nitrogens with two attached hydrogens (primary N) is 1. The van der Waals surface area contributed by atoms with Crippen molar-refractivity contribution < 1.29 is 9.47 Å². The standard InChI is InChI=1S/C16H19N3O2S/c1-3-20-12-7-5-11-6-8-15(21-4-2)14(13(11)9-12)10-18-19-16(17)22/h5-10H,3-4H2,1-2H3,(H3,17,19,22)/b18-10-. The molecule has 0 spiro atoms. The lowest BCUT2D eigenvalue weighted by atomic mass is 10.0. The topological polar surface area (TPSA) is 68.9 Å². The molecule has 0 heterocycles. The van der Waals surface area contributed by atoms with Gasteiger partial charge in [-0.25, -0.2) is 0 Å². The van der Waals surface area contributed by atoms with Gasteiger partial charge in [0.1, 0.15) is 11.5 Å². The molecule has 0 bridgehead atoms. The highest BCUT2D eigenvalue weighted by Gasteiger charge is 2.08. The second-order valence-corrected chi connectivity index (χ2v) is 4.90. The van der Waals surface area contributed by atoms with Gasteiger partial charge in [0.25, 0.3) is 0 Å². The number of thiocarbonyl (C=S) groups is 1. The molecule has 0 fully saturated rings. The van der Waals surface area contributed by atoms with Crippen LogP contribution in [0.1, 0.15) is 19.4 Å². The van der Waals surface area contributed by atoms with Crippen LogP contribution in [0.3, 0.4) is 0 Å². The highest BCUT2D eigenvalue weighted by atomic mass is 32.1. The molecule has 0 aromatic heterocycles. The van der Waals surface area contributed by atoms with E-state index < -0.39 is 0 Å². The summed E-state index contributed by atoms with van der Waals surface area (Å²) in [4.78, 5) is 0. The van der Waals surface area contributed by atoms with Crippen LogP contribution in [0.4, 0.5) is 0 Å². The van der Waals surface area contributed by atoms with E-state index in [9.17, 15) is 0 Å². The van der Waals surface area contributed by atoms with Gasteiger partial charge in [-0.05, 0) is 55.0 Å². The van der Waals surface area contributed by atoms with Crippen LogP contribution in [0.2, 0.25) is 0 Å². The Hall–Kier alpha value is -2.34. The van der Waals surface area contributed by atoms with Crippen LogP contribution < -0.4 is 20.6 Å². The number of benzene rings is 2. The first-order valence-corrected chi connectivity index (χ1v) is 7.47. The molecule has 0 aliphatic rings. The summed E-state index contributed by atoms with van der Waals surface area (Å²) >= 11 is 4.75. The number of rotatable bonds is 6. The Morgan fingerprint density at radius 3 is 2.64 bits per heavy atom. The third-order valence-corrected chi connectivity index (χ3v) is 3.07. The molecular weight excluding hydrogens is 298 g/mol. The van der Waals surface area contributed by atoms with Crippen LogP contribution in [-0.4, -0.2) is 24.5 Å². The van der Waals surface area contributed by atoms with Crippen LogP contribution in [0.25, 0.3) is 10.8 Å². The van der Waals surface area contributed by atoms with Gasteiger partial charge >= 0.3 is 0 Å². The Bertz CT molecular complexity index is 696. The predicted octanol–water partition coefficient (Wildman–Crippen LogP) is 2.80. The maximum absolute atomic E-state index is 5.68. The van der Waals surface area contributed by atoms with Gasteiger partial charge in [0.2, 0.25) is 0 Å². The molecule has 5 nitrogen and oxygen atoms in total. The molecule has 0 saturated carbocycles. The summed E-state index contributed by atoms with van der Waals surface area (Å²) in [6.07, 6.45) is 1.65. The van der Waals surface area contributed by atoms with Crippen LogP contribution in [0, 0.1) is 0 Å². The lowest BCUT2D eigenvalue weighted by Crippen LogP contribution is -2.24. The van der Waals surface area contributed by atoms with Gasteiger partial charge < -0.3 is 15.2 Å². The Balaban J connectivity index is 2.53. The summed E-state index contributed by atoms with van der Waals surface area (Å²) in [7, 11) is 0. The SMILES string of the molecule is CCOc1ccc2ccc(OCC)c(/C=N\NC(N)=S)c2c1. The summed E-state index contributed by atoms with van der Waals surface area (Å²) < 4.78 is 11.2. The first-order chi connectivity index (χ1) is 10.7. The molecule has 0 atom stereocenters. The average molecular weight is 317 g/mol. The van der Waals surface area contributed by atoms with E-state index in [1.54, 1.807) is 6.21 Å². The van der Waals surface area contributed by atoms with Gasteiger partial charge in [0, 0.05) is 5.56 Å². The molecule has 22 heavy (non-hydrogen) atoms. The van der Waals surface area contributed by atoms with E-state index in [2.05, 4.69) is 10.5 Å². The molecule has 0 amide bonds. The second kappa shape index (κ2) is 7.61. The molecule has 6 heteroatoms. The largest absolute Gasteiger partial charge is 0.494 e. The van der Waals surface area contributed by atoms with Crippen molar-refractivity contribution in [1.29, 1.82) is 0 Å². The number of nitrogens with one attached hydrogen (secondary N) is 1. The van der Waals surface area contributed by atoms with Crippen molar-refractivity contribution in [3.63, 3.8) is 0 Å². The third kappa shape index (κ3) is 3.85. The van der Waals surface area contributed by atoms with Gasteiger partial charge in [0.15, 0.2) is 5.11 Å². The molecule has 0 saturated heterocycles. The van der Waals surface area contributed by atoms with Crippen molar-refractivity contribution in [3.8, 4) is 11.5 Å². The van der Waals surface area contributed by atoms with Crippen LogP contribution in [0.5, 0.6) is 11.5 Å². The van der Waals surface area contributed by atoms with E-state index in [4.69, 9.17) is 27.4 Å². The summed E-state index contributed by atoms with van der Waals surface area (Å²) in [5.41, 5.74) is 8.80. The van der Waals surface area contributed by atoms with Gasteiger partial charge in [-0.15, -0.1) is 0 Å². The van der Waals surface area contributed by atoms with Crippen LogP contribution in [-0.2, 0) is 0 Å². The molecule has 0 radical (unpaired) electrons. The van der Waals surface area contributed by atoms with Crippen molar-refractivity contribution >= 4 is 34.3 Å². The molecule has 116 valence electrons. The van der Waals surface area contributed by atoms with Crippen molar-refractivity contribution in [2.75, 3.05) is 13.2 Å². The Kier molecular flexibility index (Phi) is 5.55. The van der Waals surface area contributed by atoms with E-state index in [0.29, 0.717) is 13.2 Å². The second-order valence-electron chi connectivity index (χ2n) is 4.46. The van der Waals surface area contributed by atoms with E-state index in [1.165, 1.54) is 0 Å². The fourth-order valence-electron chi connectivity index (χ4n) is 2.13. The van der Waals surface area contributed by atoms with Crippen molar-refractivity contribution in [3.05, 3.63) is 35.9 Å². The maximum Gasteiger partial charge on any atom is 0.184 e. The van der Waals surface area contributed by atoms with Crippen molar-refractivity contribution in [2.45, 2.75) is 13.8 Å². The molecule has 0 aliphatic heterocycles. The lowest BCUT2D eigenvalue weighted by Gasteiger charge is -2.12. The number of hydrogen-bond donors (Lipinski definition) is 2. The van der Waals surface area contributed by atoms with Crippen molar-refractivity contribution in [1.82, 2.24) is 5.43 Å². The molecule has 3 N–H and O–H groups in total. The highest BCUT2D eigenvalue weighted by Crippen LogP contribution is 2.29. The fourth-order valence-corrected chi connectivity index (χ4v) is 2.19. The predicted molar refractivity (Wildman–Crippen MR) is 93.8 cm³/mol. The summed E-state index contributed by atoms with van der Waals surface area (Å²) in [6, 6.07) is 9.86. The average Bonchev–Trinajstić information content (AvgIpc) is 2.49. The minimum Gasteiger partial charge on any atom is -0.494 e. The monoisotopic (exact) mass is 317 g/mol. The summed E-state index contributed by atoms with van der Waals surface area (Å²) in [6.45, 7) is 5.08. The third-order valence-electron chi connectivity index (χ3n) is 2.97. The van der Waals surface area contributed by atoms with E-state index in [-0.39, 0.29) is 5.11 Å². The Morgan fingerprint density at radius 1 is 1.23 bits per heavy atom. The van der Waals surface area contributed by atoms with Crippen LogP contribution >= 0.6 is 12.2 Å². The van der Waals surface area contributed by atoms with Crippen LogP contribution in [0.15, 0.2) is 35.4 Å². The number of hydrogen-bond acceptors (Lipinski definition) is 4. The van der Waals surface area contributed by atoms with E-state index in [1.807, 2.05) is 44.2 Å². The zero-order chi connectivity index (χ0) is 15.9. The Morgan fingerprint density at radius 2 is 1.95 bits per heavy atom. The molecular formula is C16H19N3O2S. The van der Waals surface area contributed by atoms with E-state index >= 15 is 0 Å². The van der Waals surface area contributed by atoms with Gasteiger partial charge in [0.05, 0.1) is 19.4 Å². The fraction of sp³-hybridized carbons (Fsp3) is 0.250. The van der Waals surface area contributed by atoms with Gasteiger partial charge in [-0.3, -0.25) is 5.43 Å². The summed E-state index contributed by atoms with van der Waals surface area (Å²) in [5.74, 6) is 1.55. The first-order valence-electron chi connectivity index (χ1n) is 7.06. The quantitative estimate of drug-likeness (QED) is 0.487. The minimum absolute atomic E-state index is 0.115. The smallest absolute Gasteiger partial charge is 0.184 e. The Labute approximate surface area is 135 Å². The number of ether oxygens (including phenoxy) is 2. The first kappa shape index (κ1) is 16.0. The summed E-state index contributed by atoms with van der Waals surface area (Å²) in [5, 5.41) is 6.23. The molecule has 2 aromatic carbocycles. The molecule has 2 rings (SSSR count). The number of hydrazone groups is 1. The highest BCUT2D eigenvalue weighted by molar-refractivity contribution is 7.80. The number of nitrogens with zero attached hydrogens (tertiary/aromatic N) is 1. The van der Waals surface area contributed by atoms with E-state index in [0.717, 1.165) is 27.8 Å². The number of fused-ring (bicyclic) bond motifs is 1. The molecule has 2 aromatic rings. The minimum atomic E-state index is 0.115.